The van der Waals surface area contributed by atoms with E-state index in [0.717, 1.165) is 31.7 Å². The lowest BCUT2D eigenvalue weighted by Gasteiger charge is -2.06. The zero-order valence-corrected chi connectivity index (χ0v) is 11.4. The van der Waals surface area contributed by atoms with Gasteiger partial charge in [-0.3, -0.25) is 4.79 Å². The van der Waals surface area contributed by atoms with Gasteiger partial charge in [0.25, 0.3) is 0 Å². The average molecular weight is 266 g/mol. The van der Waals surface area contributed by atoms with E-state index in [1.54, 1.807) is 19.2 Å². The largest absolute Gasteiger partial charge is 0.382 e. The predicted molar refractivity (Wildman–Crippen MR) is 74.0 cm³/mol. The second-order valence-electron chi connectivity index (χ2n) is 4.20. The lowest BCUT2D eigenvalue weighted by atomic mass is 10.1. The maximum atomic E-state index is 10.9. The summed E-state index contributed by atoms with van der Waals surface area (Å²) in [5.74, 6) is -0.396. The Balaban J connectivity index is 2.07. The van der Waals surface area contributed by atoms with E-state index in [1.165, 1.54) is 0 Å². The van der Waals surface area contributed by atoms with Crippen LogP contribution in [0, 0.1) is 0 Å². The summed E-state index contributed by atoms with van der Waals surface area (Å²) in [6.45, 7) is 3.68. The molecule has 0 bridgehead atoms. The maximum Gasteiger partial charge on any atom is 0.248 e. The second kappa shape index (κ2) is 9.49. The van der Waals surface area contributed by atoms with Gasteiger partial charge in [-0.2, -0.15) is 0 Å². The van der Waals surface area contributed by atoms with Crippen LogP contribution in [-0.2, 0) is 16.0 Å². The first kappa shape index (κ1) is 15.6. The van der Waals surface area contributed by atoms with Crippen molar-refractivity contribution in [1.82, 2.24) is 5.32 Å². The summed E-state index contributed by atoms with van der Waals surface area (Å²) in [7, 11) is 1.66. The number of rotatable bonds is 10. The van der Waals surface area contributed by atoms with Crippen molar-refractivity contribution >= 4 is 5.91 Å². The van der Waals surface area contributed by atoms with Gasteiger partial charge in [0.05, 0.1) is 13.2 Å². The smallest absolute Gasteiger partial charge is 0.248 e. The van der Waals surface area contributed by atoms with Crippen molar-refractivity contribution in [2.24, 2.45) is 5.73 Å². The van der Waals surface area contributed by atoms with E-state index in [1.807, 2.05) is 12.1 Å². The third-order valence-electron chi connectivity index (χ3n) is 2.64. The fourth-order valence-corrected chi connectivity index (χ4v) is 1.56. The molecule has 0 aliphatic heterocycles. The molecule has 5 heteroatoms. The van der Waals surface area contributed by atoms with Crippen molar-refractivity contribution < 1.29 is 14.3 Å². The number of carbonyl (C=O) groups excluding carboxylic acids is 1. The number of ether oxygens (including phenoxy) is 2. The van der Waals surface area contributed by atoms with E-state index >= 15 is 0 Å². The summed E-state index contributed by atoms with van der Waals surface area (Å²) in [4.78, 5) is 10.9. The van der Waals surface area contributed by atoms with Crippen LogP contribution in [0.3, 0.4) is 0 Å². The monoisotopic (exact) mass is 266 g/mol. The van der Waals surface area contributed by atoms with Crippen molar-refractivity contribution in [1.29, 1.82) is 0 Å². The molecular weight excluding hydrogens is 244 g/mol. The molecule has 0 heterocycles. The van der Waals surface area contributed by atoms with Crippen LogP contribution in [0.2, 0.25) is 0 Å². The minimum absolute atomic E-state index is 0.396. The second-order valence-corrected chi connectivity index (χ2v) is 4.20. The normalized spacial score (nSPS) is 10.6. The van der Waals surface area contributed by atoms with E-state index in [4.69, 9.17) is 15.2 Å². The van der Waals surface area contributed by atoms with Crippen LogP contribution in [0.1, 0.15) is 22.3 Å². The average Bonchev–Trinajstić information content (AvgIpc) is 2.42. The molecule has 1 aromatic carbocycles. The SMILES string of the molecule is COCCOCCCNCc1ccc(C(N)=O)cc1. The van der Waals surface area contributed by atoms with Gasteiger partial charge in [-0.05, 0) is 30.7 Å². The molecule has 0 saturated carbocycles. The topological polar surface area (TPSA) is 73.6 Å². The van der Waals surface area contributed by atoms with Crippen LogP contribution in [0.25, 0.3) is 0 Å². The molecule has 0 spiro atoms. The first-order valence-electron chi connectivity index (χ1n) is 6.40. The summed E-state index contributed by atoms with van der Waals surface area (Å²) >= 11 is 0. The molecule has 106 valence electrons. The highest BCUT2D eigenvalue weighted by atomic mass is 16.5. The molecule has 0 aliphatic carbocycles. The molecule has 0 aliphatic rings. The molecule has 0 saturated heterocycles. The molecule has 19 heavy (non-hydrogen) atoms. The molecule has 0 unspecified atom stereocenters. The molecule has 0 radical (unpaired) electrons. The quantitative estimate of drug-likeness (QED) is 0.618. The summed E-state index contributed by atoms with van der Waals surface area (Å²) in [5.41, 5.74) is 6.84. The van der Waals surface area contributed by atoms with Gasteiger partial charge in [0, 0.05) is 25.8 Å². The van der Waals surface area contributed by atoms with Crippen LogP contribution < -0.4 is 11.1 Å². The van der Waals surface area contributed by atoms with Crippen LogP contribution in [0.15, 0.2) is 24.3 Å². The van der Waals surface area contributed by atoms with Gasteiger partial charge < -0.3 is 20.5 Å². The molecule has 5 nitrogen and oxygen atoms in total. The third-order valence-corrected chi connectivity index (χ3v) is 2.64. The van der Waals surface area contributed by atoms with Crippen molar-refractivity contribution in [3.05, 3.63) is 35.4 Å². The molecule has 1 aromatic rings. The number of hydrogen-bond acceptors (Lipinski definition) is 4. The van der Waals surface area contributed by atoms with Crippen molar-refractivity contribution in [2.75, 3.05) is 33.5 Å². The van der Waals surface area contributed by atoms with Gasteiger partial charge in [-0.15, -0.1) is 0 Å². The Kier molecular flexibility index (Phi) is 7.81. The molecule has 0 aromatic heterocycles. The molecule has 1 rings (SSSR count). The first-order valence-corrected chi connectivity index (χ1v) is 6.40. The number of primary amides is 1. The van der Waals surface area contributed by atoms with Gasteiger partial charge in [0.15, 0.2) is 0 Å². The number of benzene rings is 1. The summed E-state index contributed by atoms with van der Waals surface area (Å²) in [6.07, 6.45) is 0.961. The van der Waals surface area contributed by atoms with Crippen molar-refractivity contribution in [2.45, 2.75) is 13.0 Å². The molecule has 0 fully saturated rings. The number of nitrogens with two attached hydrogens (primary N) is 1. The van der Waals surface area contributed by atoms with Crippen LogP contribution in [0.4, 0.5) is 0 Å². The van der Waals surface area contributed by atoms with E-state index < -0.39 is 5.91 Å². The van der Waals surface area contributed by atoms with Gasteiger partial charge in [-0.1, -0.05) is 12.1 Å². The van der Waals surface area contributed by atoms with Gasteiger partial charge >= 0.3 is 0 Å². The Bertz CT molecular complexity index is 365. The molecule has 1 amide bonds. The number of nitrogens with one attached hydrogen (secondary N) is 1. The standard InChI is InChI=1S/C14H22N2O3/c1-18-9-10-19-8-2-7-16-11-12-3-5-13(6-4-12)14(15)17/h3-6,16H,2,7-11H2,1H3,(H2,15,17). The Labute approximate surface area is 114 Å². The lowest BCUT2D eigenvalue weighted by Crippen LogP contribution is -2.17. The van der Waals surface area contributed by atoms with Gasteiger partial charge in [-0.25, -0.2) is 0 Å². The Morgan fingerprint density at radius 1 is 1.21 bits per heavy atom. The third kappa shape index (κ3) is 6.91. The molecular formula is C14H22N2O3. The van der Waals surface area contributed by atoms with Crippen molar-refractivity contribution in [3.63, 3.8) is 0 Å². The Morgan fingerprint density at radius 2 is 1.95 bits per heavy atom. The lowest BCUT2D eigenvalue weighted by molar-refractivity contribution is 0.0695. The maximum absolute atomic E-state index is 10.9. The minimum atomic E-state index is -0.396. The zero-order chi connectivity index (χ0) is 13.9. The van der Waals surface area contributed by atoms with Crippen LogP contribution in [-0.4, -0.2) is 39.4 Å². The highest BCUT2D eigenvalue weighted by Crippen LogP contribution is 2.03. The predicted octanol–water partition coefficient (Wildman–Crippen LogP) is 0.928. The summed E-state index contributed by atoms with van der Waals surface area (Å²) in [6, 6.07) is 7.30. The highest BCUT2D eigenvalue weighted by Gasteiger charge is 1.99. The van der Waals surface area contributed by atoms with Crippen molar-refractivity contribution in [3.8, 4) is 0 Å². The molecule has 3 N–H and O–H groups in total. The number of methoxy groups -OCH3 is 1. The van der Waals surface area contributed by atoms with Crippen LogP contribution >= 0.6 is 0 Å². The van der Waals surface area contributed by atoms with E-state index in [0.29, 0.717) is 18.8 Å². The number of carbonyl (C=O) groups is 1. The highest BCUT2D eigenvalue weighted by molar-refractivity contribution is 5.92. The summed E-state index contributed by atoms with van der Waals surface area (Å²) in [5, 5.41) is 3.31. The Morgan fingerprint density at radius 3 is 2.58 bits per heavy atom. The van der Waals surface area contributed by atoms with Gasteiger partial charge in [0.2, 0.25) is 5.91 Å². The zero-order valence-electron chi connectivity index (χ0n) is 11.4. The molecule has 0 atom stereocenters. The fourth-order valence-electron chi connectivity index (χ4n) is 1.56. The number of hydrogen-bond donors (Lipinski definition) is 2. The van der Waals surface area contributed by atoms with E-state index in [2.05, 4.69) is 5.32 Å². The van der Waals surface area contributed by atoms with E-state index in [-0.39, 0.29) is 0 Å². The van der Waals surface area contributed by atoms with Crippen LogP contribution in [0.5, 0.6) is 0 Å². The number of amides is 1. The fraction of sp³-hybridized carbons (Fsp3) is 0.500. The summed E-state index contributed by atoms with van der Waals surface area (Å²) < 4.78 is 10.2. The Hall–Kier alpha value is -1.43. The minimum Gasteiger partial charge on any atom is -0.382 e. The van der Waals surface area contributed by atoms with E-state index in [9.17, 15) is 4.79 Å². The van der Waals surface area contributed by atoms with Gasteiger partial charge in [0.1, 0.15) is 0 Å². The first-order chi connectivity index (χ1) is 9.24.